The highest BCUT2D eigenvalue weighted by Gasteiger charge is 1.58. The molecule has 0 saturated heterocycles. The zero-order chi connectivity index (χ0) is 3.41. The van der Waals surface area contributed by atoms with Gasteiger partial charge in [-0.25, -0.2) is 0 Å². The van der Waals surface area contributed by atoms with Gasteiger partial charge >= 0.3 is 0 Å². The van der Waals surface area contributed by atoms with Crippen molar-refractivity contribution in [3.05, 3.63) is 0 Å². The van der Waals surface area contributed by atoms with E-state index in [1.165, 1.54) is 6.42 Å². The van der Waals surface area contributed by atoms with Gasteiger partial charge in [-0.2, -0.15) is 0 Å². The van der Waals surface area contributed by atoms with Gasteiger partial charge in [-0.15, -0.1) is 34.0 Å². The van der Waals surface area contributed by atoms with E-state index in [-0.39, 0.29) is 34.0 Å². The largest absolute Gasteiger partial charge is 0.114 e. The highest BCUT2D eigenvalue weighted by molar-refractivity contribution is 9.09. The summed E-state index contributed by atoms with van der Waals surface area (Å²) in [6, 6.07) is 0. The lowest BCUT2D eigenvalue weighted by atomic mass is 10.6. The first kappa shape index (κ1) is 15.7. The van der Waals surface area contributed by atoms with Crippen LogP contribution < -0.4 is 0 Å². The van der Waals surface area contributed by atoms with Gasteiger partial charge in [-0.3, -0.25) is 0 Å². The lowest BCUT2D eigenvalue weighted by Gasteiger charge is -1.66. The van der Waals surface area contributed by atoms with E-state index in [0.717, 1.165) is 5.33 Å². The third-order valence-electron chi connectivity index (χ3n) is 0.189. The van der Waals surface area contributed by atoms with Gasteiger partial charge in [0.05, 0.1) is 0 Å². The number of halogens is 3. The lowest BCUT2D eigenvalue weighted by Crippen LogP contribution is -1.54. The summed E-state index contributed by atoms with van der Waals surface area (Å²) in [4.78, 5) is 0. The molecule has 0 fully saturated rings. The van der Waals surface area contributed by atoms with E-state index in [1.54, 1.807) is 0 Å². The van der Waals surface area contributed by atoms with E-state index in [4.69, 9.17) is 0 Å². The van der Waals surface area contributed by atoms with E-state index >= 15 is 0 Å². The van der Waals surface area contributed by atoms with Gasteiger partial charge < -0.3 is 0 Å². The second-order valence-electron chi connectivity index (χ2n) is 0.689. The van der Waals surface area contributed by atoms with E-state index in [1.807, 2.05) is 0 Å². The van der Waals surface area contributed by atoms with Crippen molar-refractivity contribution in [2.24, 2.45) is 0 Å². The van der Waals surface area contributed by atoms with Gasteiger partial charge in [0.2, 0.25) is 0 Å². The summed E-state index contributed by atoms with van der Waals surface area (Å²) < 4.78 is 0. The molecule has 0 saturated carbocycles. The fraction of sp³-hybridized carbons (Fsp3) is 1.00. The Bertz CT molecular complexity index is 8.00. The average Bonchev–Trinajstić information content (AvgIpc) is 1.37. The minimum atomic E-state index is 0. The molecule has 0 bridgehead atoms. The molecule has 0 heterocycles. The maximum atomic E-state index is 3.25. The molecule has 0 amide bonds. The molecule has 0 unspecified atom stereocenters. The van der Waals surface area contributed by atoms with Gasteiger partial charge in [-0.05, 0) is 6.42 Å². The molecule has 0 aromatic heterocycles. The Kier molecular flexibility index (Phi) is 42.0. The maximum absolute atomic E-state index is 3.25. The maximum Gasteiger partial charge on any atom is 0.00286 e. The van der Waals surface area contributed by atoms with Gasteiger partial charge in [0, 0.05) is 5.33 Å². The molecule has 0 aliphatic carbocycles. The molecule has 6 heavy (non-hydrogen) atoms. The van der Waals surface area contributed by atoms with Crippen molar-refractivity contribution < 1.29 is 0 Å². The lowest BCUT2D eigenvalue weighted by molar-refractivity contribution is 1.12. The normalized spacial score (nSPS) is 5.00. The zero-order valence-corrected chi connectivity index (χ0v) is 8.62. The van der Waals surface area contributed by atoms with Crippen LogP contribution in [0, 0.1) is 0 Å². The first-order chi connectivity index (χ1) is 1.91. The Hall–Kier alpha value is 1.44. The molecule has 0 spiro atoms. The number of hydrogen-bond acceptors (Lipinski definition) is 0. The second kappa shape index (κ2) is 16.1. The minimum Gasteiger partial charge on any atom is -0.114 e. The molecule has 0 nitrogen and oxygen atoms in total. The molecule has 0 atom stereocenters. The van der Waals surface area contributed by atoms with Crippen LogP contribution in [-0.4, -0.2) is 5.33 Å². The van der Waals surface area contributed by atoms with E-state index in [2.05, 4.69) is 22.9 Å². The molecular weight excluding hydrogens is 276 g/mol. The van der Waals surface area contributed by atoms with Gasteiger partial charge in [0.1, 0.15) is 0 Å². The molecule has 0 N–H and O–H groups in total. The van der Waals surface area contributed by atoms with Crippen molar-refractivity contribution >= 4 is 49.9 Å². The Balaban J connectivity index is -0.0000000450. The predicted molar refractivity (Wildman–Crippen MR) is 44.7 cm³/mol. The van der Waals surface area contributed by atoms with Crippen molar-refractivity contribution in [3.8, 4) is 0 Å². The number of rotatable bonds is 1. The third-order valence-corrected chi connectivity index (χ3v) is 0.982. The Morgan fingerprint density at radius 3 is 1.50 bits per heavy atom. The van der Waals surface area contributed by atoms with Gasteiger partial charge in [0.25, 0.3) is 0 Å². The number of hydrogen-bond donors (Lipinski definition) is 0. The fourth-order valence-corrected chi connectivity index (χ4v) is 0. The quantitative estimate of drug-likeness (QED) is 0.650. The molecular formula is C3H9Br3. The Morgan fingerprint density at radius 1 is 1.33 bits per heavy atom. The highest BCUT2D eigenvalue weighted by Crippen LogP contribution is 1.80. The van der Waals surface area contributed by atoms with Crippen LogP contribution in [0.15, 0.2) is 0 Å². The first-order valence-corrected chi connectivity index (χ1v) is 2.60. The molecule has 0 radical (unpaired) electrons. The highest BCUT2D eigenvalue weighted by atomic mass is 79.9. The van der Waals surface area contributed by atoms with Crippen molar-refractivity contribution in [1.82, 2.24) is 0 Å². The average molecular weight is 285 g/mol. The summed E-state index contributed by atoms with van der Waals surface area (Å²) in [6.45, 7) is 2.13. The molecule has 0 aliphatic rings. The van der Waals surface area contributed by atoms with E-state index < -0.39 is 0 Å². The molecule has 42 valence electrons. The second-order valence-corrected chi connectivity index (χ2v) is 1.48. The van der Waals surface area contributed by atoms with Crippen LogP contribution in [0.2, 0.25) is 0 Å². The SMILES string of the molecule is Br.Br.CCCBr. The third kappa shape index (κ3) is 18.0. The monoisotopic (exact) mass is 282 g/mol. The molecule has 3 heteroatoms. The summed E-state index contributed by atoms with van der Waals surface area (Å²) in [5.74, 6) is 0. The summed E-state index contributed by atoms with van der Waals surface area (Å²) >= 11 is 3.25. The topological polar surface area (TPSA) is 0 Å². The van der Waals surface area contributed by atoms with Crippen molar-refractivity contribution in [2.45, 2.75) is 13.3 Å². The standard InChI is InChI=1S/C3H7Br.2BrH/c1-2-3-4;;/h2-3H2,1H3;2*1H. The summed E-state index contributed by atoms with van der Waals surface area (Å²) in [7, 11) is 0. The first-order valence-electron chi connectivity index (χ1n) is 1.47. The van der Waals surface area contributed by atoms with Crippen molar-refractivity contribution in [2.75, 3.05) is 5.33 Å². The molecule has 0 aromatic carbocycles. The summed E-state index contributed by atoms with van der Waals surface area (Å²) in [5.41, 5.74) is 0. The van der Waals surface area contributed by atoms with Crippen LogP contribution in [-0.2, 0) is 0 Å². The zero-order valence-electron chi connectivity index (χ0n) is 3.61. The van der Waals surface area contributed by atoms with Crippen LogP contribution in [0.3, 0.4) is 0 Å². The van der Waals surface area contributed by atoms with Crippen LogP contribution in [0.5, 0.6) is 0 Å². The molecule has 0 rings (SSSR count). The fourth-order valence-electron chi connectivity index (χ4n) is 0. The smallest absolute Gasteiger partial charge is 0.00286 e. The predicted octanol–water partition coefficient (Wildman–Crippen LogP) is 2.95. The molecule has 0 aromatic rings. The van der Waals surface area contributed by atoms with Crippen LogP contribution in [0.25, 0.3) is 0 Å². The Morgan fingerprint density at radius 2 is 1.50 bits per heavy atom. The summed E-state index contributed by atoms with van der Waals surface area (Å²) in [6.07, 6.45) is 1.24. The molecule has 0 aliphatic heterocycles. The minimum absolute atomic E-state index is 0. The van der Waals surface area contributed by atoms with Crippen LogP contribution >= 0.6 is 49.9 Å². The van der Waals surface area contributed by atoms with Crippen LogP contribution in [0.1, 0.15) is 13.3 Å². The van der Waals surface area contributed by atoms with Crippen molar-refractivity contribution in [1.29, 1.82) is 0 Å². The Labute approximate surface area is 68.4 Å². The van der Waals surface area contributed by atoms with E-state index in [9.17, 15) is 0 Å². The van der Waals surface area contributed by atoms with Crippen molar-refractivity contribution in [3.63, 3.8) is 0 Å². The summed E-state index contributed by atoms with van der Waals surface area (Å²) in [5, 5.41) is 1.13. The van der Waals surface area contributed by atoms with E-state index in [0.29, 0.717) is 0 Å². The number of alkyl halides is 1. The van der Waals surface area contributed by atoms with Crippen LogP contribution in [0.4, 0.5) is 0 Å². The van der Waals surface area contributed by atoms with Gasteiger partial charge in [0.15, 0.2) is 0 Å². The van der Waals surface area contributed by atoms with Gasteiger partial charge in [-0.1, -0.05) is 22.9 Å².